The van der Waals surface area contributed by atoms with Crippen molar-refractivity contribution in [1.82, 2.24) is 9.80 Å². The van der Waals surface area contributed by atoms with Gasteiger partial charge in [0.15, 0.2) is 0 Å². The average Bonchev–Trinajstić information content (AvgIpc) is 2.53. The zero-order valence-corrected chi connectivity index (χ0v) is 14.5. The molecule has 1 aromatic rings. The smallest absolute Gasteiger partial charge is 0.370 e. The maximum atomic E-state index is 13.1. The van der Waals surface area contributed by atoms with Crippen molar-refractivity contribution in [3.8, 4) is 0 Å². The molecule has 0 unspecified atom stereocenters. The van der Waals surface area contributed by atoms with Gasteiger partial charge < -0.3 is 14.5 Å². The molecule has 2 aliphatic heterocycles. The van der Waals surface area contributed by atoms with Crippen LogP contribution in [-0.2, 0) is 10.9 Å². The van der Waals surface area contributed by atoms with Gasteiger partial charge in [-0.25, -0.2) is 0 Å². The number of rotatable bonds is 1. The van der Waals surface area contributed by atoms with E-state index in [9.17, 15) is 18.0 Å². The van der Waals surface area contributed by atoms with Gasteiger partial charge >= 0.3 is 6.18 Å². The van der Waals surface area contributed by atoms with Gasteiger partial charge in [-0.3, -0.25) is 4.79 Å². The minimum atomic E-state index is -4.46. The number of hydrogen-bond donors (Lipinski definition) is 0. The number of aryl methyl sites for hydroxylation is 1. The fourth-order valence-electron chi connectivity index (χ4n) is 3.83. The van der Waals surface area contributed by atoms with Crippen molar-refractivity contribution >= 4 is 5.91 Å². The molecule has 1 spiro atoms. The van der Waals surface area contributed by atoms with Gasteiger partial charge in [0, 0.05) is 18.7 Å². The molecule has 4 nitrogen and oxygen atoms in total. The first-order valence-electron chi connectivity index (χ1n) is 8.50. The highest BCUT2D eigenvalue weighted by Gasteiger charge is 2.41. The predicted molar refractivity (Wildman–Crippen MR) is 87.5 cm³/mol. The number of benzene rings is 1. The minimum Gasteiger partial charge on any atom is -0.370 e. The third kappa shape index (κ3) is 3.82. The average molecular weight is 356 g/mol. The summed E-state index contributed by atoms with van der Waals surface area (Å²) in [5.41, 5.74) is -0.951. The molecule has 2 saturated heterocycles. The normalized spacial score (nSPS) is 25.4. The number of morpholine rings is 1. The summed E-state index contributed by atoms with van der Waals surface area (Å²) in [6.07, 6.45) is -2.61. The van der Waals surface area contributed by atoms with Crippen LogP contribution in [0.3, 0.4) is 0 Å². The fourth-order valence-corrected chi connectivity index (χ4v) is 3.83. The van der Waals surface area contributed by atoms with E-state index in [0.717, 1.165) is 32.0 Å². The van der Waals surface area contributed by atoms with Gasteiger partial charge in [0.1, 0.15) is 0 Å². The van der Waals surface area contributed by atoms with Gasteiger partial charge in [-0.15, -0.1) is 0 Å². The van der Waals surface area contributed by atoms with Crippen LogP contribution in [0.15, 0.2) is 18.2 Å². The fraction of sp³-hybridized carbons (Fsp3) is 0.611. The van der Waals surface area contributed by atoms with Gasteiger partial charge in [-0.1, -0.05) is 6.07 Å². The first kappa shape index (κ1) is 18.2. The van der Waals surface area contributed by atoms with Crippen LogP contribution in [-0.4, -0.2) is 61.1 Å². The summed E-state index contributed by atoms with van der Waals surface area (Å²) in [7, 11) is 2.01. The Labute approximate surface area is 145 Å². The van der Waals surface area contributed by atoms with E-state index in [4.69, 9.17) is 4.74 Å². The molecule has 0 N–H and O–H groups in total. The number of carbonyl (C=O) groups is 1. The Bertz CT molecular complexity index is 658. The number of halogens is 3. The molecule has 2 heterocycles. The van der Waals surface area contributed by atoms with Gasteiger partial charge in [0.25, 0.3) is 5.91 Å². The standard InChI is InChI=1S/C18H23F3N2O2/c1-13-4-5-14(10-15(13)18(19,20)21)16(24)23-8-9-25-17(12-23)6-3-7-22(2)11-17/h4-5,10H,3,6-9,11-12H2,1-2H3/t17-/m1/s1. The lowest BCUT2D eigenvalue weighted by Gasteiger charge is -2.47. The van der Waals surface area contributed by atoms with E-state index >= 15 is 0 Å². The summed E-state index contributed by atoms with van der Waals surface area (Å²) in [6.45, 7) is 4.37. The van der Waals surface area contributed by atoms with Crippen molar-refractivity contribution in [2.75, 3.05) is 39.8 Å². The van der Waals surface area contributed by atoms with Gasteiger partial charge in [-0.2, -0.15) is 13.2 Å². The van der Waals surface area contributed by atoms with E-state index in [1.807, 2.05) is 7.05 Å². The third-order valence-corrected chi connectivity index (χ3v) is 5.06. The number of nitrogens with zero attached hydrogens (tertiary/aromatic N) is 2. The van der Waals surface area contributed by atoms with Crippen LogP contribution in [0.4, 0.5) is 13.2 Å². The lowest BCUT2D eigenvalue weighted by Crippen LogP contribution is -2.60. The number of likely N-dealkylation sites (N-methyl/N-ethyl adjacent to an activating group) is 1. The van der Waals surface area contributed by atoms with Crippen molar-refractivity contribution < 1.29 is 22.7 Å². The van der Waals surface area contributed by atoms with Crippen LogP contribution in [0, 0.1) is 6.92 Å². The SMILES string of the molecule is Cc1ccc(C(=O)N2CCO[C@@]3(CCCN(C)C3)C2)cc1C(F)(F)F. The summed E-state index contributed by atoms with van der Waals surface area (Å²) in [5, 5.41) is 0. The molecule has 1 aromatic carbocycles. The molecule has 1 amide bonds. The first-order chi connectivity index (χ1) is 11.7. The molecule has 7 heteroatoms. The van der Waals surface area contributed by atoms with Gasteiger partial charge in [-0.05, 0) is 51.1 Å². The molecule has 0 saturated carbocycles. The minimum absolute atomic E-state index is 0.0825. The van der Waals surface area contributed by atoms with Gasteiger partial charge in [0.05, 0.1) is 24.3 Å². The number of carbonyl (C=O) groups excluding carboxylic acids is 1. The molecule has 3 rings (SSSR count). The maximum Gasteiger partial charge on any atom is 0.416 e. The molecule has 2 aliphatic rings. The Morgan fingerprint density at radius 2 is 2.00 bits per heavy atom. The number of piperidine rings is 1. The lowest BCUT2D eigenvalue weighted by molar-refractivity contribution is -0.138. The molecule has 0 aromatic heterocycles. The molecule has 1 atom stereocenters. The Balaban J connectivity index is 1.81. The molecule has 0 aliphatic carbocycles. The zero-order chi connectivity index (χ0) is 18.2. The second kappa shape index (κ2) is 6.61. The second-order valence-corrected chi connectivity index (χ2v) is 7.13. The molecule has 0 bridgehead atoms. The number of ether oxygens (including phenoxy) is 1. The third-order valence-electron chi connectivity index (χ3n) is 5.06. The molecule has 138 valence electrons. The van der Waals surface area contributed by atoms with Crippen LogP contribution in [0.1, 0.15) is 34.3 Å². The summed E-state index contributed by atoms with van der Waals surface area (Å²) in [4.78, 5) is 16.6. The highest BCUT2D eigenvalue weighted by Crippen LogP contribution is 2.33. The Hall–Kier alpha value is -1.60. The second-order valence-electron chi connectivity index (χ2n) is 7.13. The Morgan fingerprint density at radius 3 is 2.68 bits per heavy atom. The zero-order valence-electron chi connectivity index (χ0n) is 14.5. The maximum absolute atomic E-state index is 13.1. The molecular weight excluding hydrogens is 333 g/mol. The quantitative estimate of drug-likeness (QED) is 0.776. The van der Waals surface area contributed by atoms with Crippen LogP contribution in [0.5, 0.6) is 0 Å². The van der Waals surface area contributed by atoms with Gasteiger partial charge in [0.2, 0.25) is 0 Å². The summed E-state index contributed by atoms with van der Waals surface area (Å²) < 4.78 is 45.3. The first-order valence-corrected chi connectivity index (χ1v) is 8.50. The van der Waals surface area contributed by atoms with E-state index in [0.29, 0.717) is 19.7 Å². The predicted octanol–water partition coefficient (Wildman–Crippen LogP) is 2.95. The Morgan fingerprint density at radius 1 is 1.24 bits per heavy atom. The number of amides is 1. The van der Waals surface area contributed by atoms with Crippen LogP contribution < -0.4 is 0 Å². The number of hydrogen-bond acceptors (Lipinski definition) is 3. The summed E-state index contributed by atoms with van der Waals surface area (Å²) in [5.74, 6) is -0.360. The van der Waals surface area contributed by atoms with Crippen molar-refractivity contribution in [3.05, 3.63) is 34.9 Å². The molecule has 2 fully saturated rings. The Kier molecular flexibility index (Phi) is 4.81. The highest BCUT2D eigenvalue weighted by atomic mass is 19.4. The highest BCUT2D eigenvalue weighted by molar-refractivity contribution is 5.94. The number of likely N-dealkylation sites (tertiary alicyclic amines) is 1. The van der Waals surface area contributed by atoms with Crippen LogP contribution in [0.25, 0.3) is 0 Å². The largest absolute Gasteiger partial charge is 0.416 e. The van der Waals surface area contributed by atoms with E-state index in [1.165, 1.54) is 19.1 Å². The van der Waals surface area contributed by atoms with Crippen LogP contribution >= 0.6 is 0 Å². The lowest BCUT2D eigenvalue weighted by atomic mass is 9.90. The molecule has 0 radical (unpaired) electrons. The topological polar surface area (TPSA) is 32.8 Å². The number of alkyl halides is 3. The van der Waals surface area contributed by atoms with Crippen molar-refractivity contribution in [3.63, 3.8) is 0 Å². The molecule has 25 heavy (non-hydrogen) atoms. The van der Waals surface area contributed by atoms with Crippen molar-refractivity contribution in [2.45, 2.75) is 31.5 Å². The summed E-state index contributed by atoms with van der Waals surface area (Å²) >= 11 is 0. The monoisotopic (exact) mass is 356 g/mol. The summed E-state index contributed by atoms with van der Waals surface area (Å²) in [6, 6.07) is 3.80. The van der Waals surface area contributed by atoms with E-state index in [2.05, 4.69) is 4.90 Å². The van der Waals surface area contributed by atoms with Crippen LogP contribution in [0.2, 0.25) is 0 Å². The van der Waals surface area contributed by atoms with E-state index in [-0.39, 0.29) is 17.0 Å². The van der Waals surface area contributed by atoms with Crippen molar-refractivity contribution in [1.29, 1.82) is 0 Å². The van der Waals surface area contributed by atoms with E-state index < -0.39 is 17.3 Å². The molecular formula is C18H23F3N2O2. The van der Waals surface area contributed by atoms with E-state index in [1.54, 1.807) is 4.90 Å². The van der Waals surface area contributed by atoms with Crippen molar-refractivity contribution in [2.24, 2.45) is 0 Å².